The van der Waals surface area contributed by atoms with Crippen LogP contribution in [0.3, 0.4) is 0 Å². The van der Waals surface area contributed by atoms with Crippen LogP contribution >= 0.6 is 0 Å². The summed E-state index contributed by atoms with van der Waals surface area (Å²) in [4.78, 5) is 22.3. The maximum Gasteiger partial charge on any atom is 0.220 e. The van der Waals surface area contributed by atoms with Crippen molar-refractivity contribution < 1.29 is 14.7 Å². The van der Waals surface area contributed by atoms with Crippen LogP contribution in [0.1, 0.15) is 73.6 Å². The highest BCUT2D eigenvalue weighted by atomic mass is 16.3. The van der Waals surface area contributed by atoms with Crippen molar-refractivity contribution in [2.75, 3.05) is 6.61 Å². The summed E-state index contributed by atoms with van der Waals surface area (Å²) in [5.41, 5.74) is -0.578. The van der Waals surface area contributed by atoms with Crippen molar-refractivity contribution in [3.8, 4) is 0 Å². The third-order valence-corrected chi connectivity index (χ3v) is 2.94. The molecule has 0 atom stereocenters. The molecule has 0 saturated carbocycles. The Balaban J connectivity index is 0. The van der Waals surface area contributed by atoms with Gasteiger partial charge in [-0.1, -0.05) is 34.1 Å². The molecule has 0 aliphatic rings. The smallest absolute Gasteiger partial charge is 0.220 e. The van der Waals surface area contributed by atoms with Gasteiger partial charge in [0.05, 0.1) is 12.1 Å². The van der Waals surface area contributed by atoms with E-state index in [1.54, 1.807) is 13.8 Å². The largest absolute Gasteiger partial charge is 0.394 e. The third kappa shape index (κ3) is 15.2. The summed E-state index contributed by atoms with van der Waals surface area (Å²) in [6, 6.07) is 0. The molecular weight excluding hydrogens is 254 g/mol. The Kier molecular flexibility index (Phi) is 12.7. The Morgan fingerprint density at radius 2 is 1.65 bits per heavy atom. The Morgan fingerprint density at radius 1 is 1.15 bits per heavy atom. The number of aliphatic hydroxyl groups excluding tert-OH is 1. The van der Waals surface area contributed by atoms with Crippen LogP contribution in [0.25, 0.3) is 0 Å². The van der Waals surface area contributed by atoms with Gasteiger partial charge in [0.25, 0.3) is 0 Å². The summed E-state index contributed by atoms with van der Waals surface area (Å²) in [5, 5.41) is 11.6. The Morgan fingerprint density at radius 3 is 2.00 bits per heavy atom. The number of carbonyl (C=O) groups excluding carboxylic acids is 2. The second kappa shape index (κ2) is 11.9. The van der Waals surface area contributed by atoms with Gasteiger partial charge < -0.3 is 10.4 Å². The Bertz CT molecular complexity index is 273. The van der Waals surface area contributed by atoms with E-state index in [0.717, 1.165) is 5.92 Å². The van der Waals surface area contributed by atoms with Gasteiger partial charge in [0.1, 0.15) is 5.78 Å². The van der Waals surface area contributed by atoms with E-state index in [4.69, 9.17) is 5.11 Å². The average molecular weight is 287 g/mol. The maximum absolute atomic E-state index is 11.4. The molecule has 0 radical (unpaired) electrons. The van der Waals surface area contributed by atoms with Gasteiger partial charge >= 0.3 is 0 Å². The van der Waals surface area contributed by atoms with Crippen molar-refractivity contribution in [2.45, 2.75) is 79.2 Å². The number of aliphatic hydroxyl groups is 1. The molecule has 0 spiro atoms. The lowest BCUT2D eigenvalue weighted by Gasteiger charge is -2.23. The summed E-state index contributed by atoms with van der Waals surface area (Å²) < 4.78 is 0. The van der Waals surface area contributed by atoms with Crippen LogP contribution in [0, 0.1) is 5.92 Å². The van der Waals surface area contributed by atoms with Gasteiger partial charge in [-0.2, -0.15) is 0 Å². The predicted octanol–water partition coefficient (Wildman–Crippen LogP) is 3.08. The third-order valence-electron chi connectivity index (χ3n) is 2.94. The number of hydrogen-bond donors (Lipinski definition) is 2. The molecule has 4 heteroatoms. The number of carbonyl (C=O) groups is 2. The molecule has 1 amide bonds. The zero-order valence-electron chi connectivity index (χ0n) is 14.1. The molecule has 0 aromatic heterocycles. The Labute approximate surface area is 124 Å². The van der Waals surface area contributed by atoms with Crippen molar-refractivity contribution in [1.29, 1.82) is 0 Å². The van der Waals surface area contributed by atoms with Crippen molar-refractivity contribution >= 4 is 11.7 Å². The van der Waals surface area contributed by atoms with Crippen LogP contribution < -0.4 is 5.32 Å². The normalized spacial score (nSPS) is 10.8. The number of nitrogens with one attached hydrogen (secondary N) is 1. The minimum Gasteiger partial charge on any atom is -0.394 e. The molecule has 0 aliphatic heterocycles. The fourth-order valence-electron chi connectivity index (χ4n) is 1.10. The molecule has 4 nitrogen and oxygen atoms in total. The van der Waals surface area contributed by atoms with E-state index in [-0.39, 0.29) is 18.3 Å². The predicted molar refractivity (Wildman–Crippen MR) is 83.6 cm³/mol. The minimum atomic E-state index is -0.578. The number of ketones is 1. The average Bonchev–Trinajstić information content (AvgIpc) is 2.38. The van der Waals surface area contributed by atoms with E-state index in [1.807, 2.05) is 6.92 Å². The van der Waals surface area contributed by atoms with Crippen LogP contribution in [-0.2, 0) is 9.59 Å². The van der Waals surface area contributed by atoms with Crippen molar-refractivity contribution in [2.24, 2.45) is 5.92 Å². The van der Waals surface area contributed by atoms with Crippen LogP contribution in [0.5, 0.6) is 0 Å². The summed E-state index contributed by atoms with van der Waals surface area (Å²) in [5.74, 6) is 0.956. The first-order valence-electron chi connectivity index (χ1n) is 7.62. The first-order chi connectivity index (χ1) is 9.18. The molecule has 0 saturated heterocycles. The van der Waals surface area contributed by atoms with E-state index < -0.39 is 5.54 Å². The summed E-state index contributed by atoms with van der Waals surface area (Å²) in [6.07, 6.45) is 3.22. The van der Waals surface area contributed by atoms with Crippen LogP contribution in [-0.4, -0.2) is 28.9 Å². The zero-order chi connectivity index (χ0) is 16.2. The van der Waals surface area contributed by atoms with Crippen molar-refractivity contribution in [1.82, 2.24) is 5.32 Å². The lowest BCUT2D eigenvalue weighted by molar-refractivity contribution is -0.123. The topological polar surface area (TPSA) is 66.4 Å². The lowest BCUT2D eigenvalue weighted by atomic mass is 10.1. The summed E-state index contributed by atoms with van der Waals surface area (Å²) >= 11 is 0. The van der Waals surface area contributed by atoms with Gasteiger partial charge in [0, 0.05) is 19.3 Å². The summed E-state index contributed by atoms with van der Waals surface area (Å²) in [6.45, 7) is 11.9. The molecule has 0 unspecified atom stereocenters. The molecule has 0 aliphatic carbocycles. The highest BCUT2D eigenvalue weighted by Gasteiger charge is 2.18. The van der Waals surface area contributed by atoms with E-state index in [1.165, 1.54) is 6.42 Å². The number of Topliss-reactive ketones (excluding diaryl/α,β-unsaturated/α-hetero) is 1. The van der Waals surface area contributed by atoms with E-state index in [9.17, 15) is 9.59 Å². The second-order valence-electron chi connectivity index (χ2n) is 6.14. The van der Waals surface area contributed by atoms with Gasteiger partial charge in [-0.3, -0.25) is 9.59 Å². The molecule has 2 N–H and O–H groups in total. The van der Waals surface area contributed by atoms with Crippen molar-refractivity contribution in [3.63, 3.8) is 0 Å². The van der Waals surface area contributed by atoms with E-state index in [2.05, 4.69) is 26.1 Å². The van der Waals surface area contributed by atoms with Gasteiger partial charge in [0.15, 0.2) is 0 Å². The molecule has 120 valence electrons. The minimum absolute atomic E-state index is 0.0906. The number of rotatable bonds is 8. The number of amides is 1. The van der Waals surface area contributed by atoms with Gasteiger partial charge in [0.2, 0.25) is 5.91 Å². The fourth-order valence-corrected chi connectivity index (χ4v) is 1.10. The van der Waals surface area contributed by atoms with E-state index >= 15 is 0 Å². The van der Waals surface area contributed by atoms with Gasteiger partial charge in [-0.25, -0.2) is 0 Å². The van der Waals surface area contributed by atoms with Crippen LogP contribution in [0.4, 0.5) is 0 Å². The molecule has 20 heavy (non-hydrogen) atoms. The van der Waals surface area contributed by atoms with Gasteiger partial charge in [-0.05, 0) is 26.2 Å². The molecular formula is C16H33NO3. The van der Waals surface area contributed by atoms with Crippen molar-refractivity contribution in [3.05, 3.63) is 0 Å². The van der Waals surface area contributed by atoms with E-state index in [0.29, 0.717) is 25.7 Å². The molecule has 0 aromatic carbocycles. The monoisotopic (exact) mass is 287 g/mol. The van der Waals surface area contributed by atoms with Crippen LogP contribution in [0.2, 0.25) is 0 Å². The SMILES string of the molecule is CCC(=O)CCCC(=O)NC(C)(C)CO.CCC(C)C. The highest BCUT2D eigenvalue weighted by molar-refractivity contribution is 5.80. The first kappa shape index (κ1) is 21.4. The highest BCUT2D eigenvalue weighted by Crippen LogP contribution is 2.03. The Hall–Kier alpha value is -0.900. The molecule has 0 heterocycles. The molecule has 0 rings (SSSR count). The van der Waals surface area contributed by atoms with Crippen LogP contribution in [0.15, 0.2) is 0 Å². The number of hydrogen-bond acceptors (Lipinski definition) is 3. The molecule has 0 bridgehead atoms. The molecule has 0 aromatic rings. The fraction of sp³-hybridized carbons (Fsp3) is 0.875. The van der Waals surface area contributed by atoms with Gasteiger partial charge in [-0.15, -0.1) is 0 Å². The second-order valence-corrected chi connectivity index (χ2v) is 6.14. The quantitative estimate of drug-likeness (QED) is 0.721. The zero-order valence-corrected chi connectivity index (χ0v) is 14.1. The lowest BCUT2D eigenvalue weighted by Crippen LogP contribution is -2.46. The molecule has 0 fully saturated rings. The maximum atomic E-state index is 11.4. The summed E-state index contributed by atoms with van der Waals surface area (Å²) in [7, 11) is 0. The standard InChI is InChI=1S/C11H21NO3.C5H12/c1-4-9(14)6-5-7-10(15)12-11(2,3)8-13;1-4-5(2)3/h13H,4-8H2,1-3H3,(H,12,15);5H,4H2,1-3H3. The first-order valence-corrected chi connectivity index (χ1v) is 7.62.